The van der Waals surface area contributed by atoms with Crippen LogP contribution >= 0.6 is 0 Å². The number of benzene rings is 1. The summed E-state index contributed by atoms with van der Waals surface area (Å²) in [5.74, 6) is 0.767. The Morgan fingerprint density at radius 3 is 2.33 bits per heavy atom. The zero-order valence-electron chi connectivity index (χ0n) is 14.3. The number of amides is 2. The van der Waals surface area contributed by atoms with Crippen molar-refractivity contribution >= 4 is 11.8 Å². The molecule has 0 heterocycles. The van der Waals surface area contributed by atoms with Crippen LogP contribution in [0.1, 0.15) is 37.7 Å². The summed E-state index contributed by atoms with van der Waals surface area (Å²) >= 11 is 0. The van der Waals surface area contributed by atoms with E-state index in [1.807, 2.05) is 12.1 Å². The first kappa shape index (κ1) is 18.1. The van der Waals surface area contributed by atoms with Crippen molar-refractivity contribution in [3.8, 4) is 11.5 Å². The van der Waals surface area contributed by atoms with E-state index in [1.54, 1.807) is 20.3 Å². The fourth-order valence-electron chi connectivity index (χ4n) is 3.19. The zero-order chi connectivity index (χ0) is 17.5. The van der Waals surface area contributed by atoms with Crippen molar-refractivity contribution in [1.29, 1.82) is 0 Å². The van der Waals surface area contributed by atoms with Crippen molar-refractivity contribution < 1.29 is 19.1 Å². The summed E-state index contributed by atoms with van der Waals surface area (Å²) in [5.41, 5.74) is 6.41. The summed E-state index contributed by atoms with van der Waals surface area (Å²) < 4.78 is 10.5. The van der Waals surface area contributed by atoms with Crippen LogP contribution in [0.4, 0.5) is 0 Å². The third-order valence-electron chi connectivity index (χ3n) is 4.53. The molecule has 2 amide bonds. The van der Waals surface area contributed by atoms with Crippen LogP contribution in [-0.2, 0) is 16.0 Å². The second kappa shape index (κ2) is 8.57. The van der Waals surface area contributed by atoms with Crippen LogP contribution in [-0.4, -0.2) is 32.1 Å². The van der Waals surface area contributed by atoms with Crippen LogP contribution < -0.4 is 20.5 Å². The highest BCUT2D eigenvalue weighted by Crippen LogP contribution is 2.25. The Morgan fingerprint density at radius 2 is 1.75 bits per heavy atom. The van der Waals surface area contributed by atoms with Gasteiger partial charge in [-0.05, 0) is 37.0 Å². The molecule has 1 aliphatic carbocycles. The summed E-state index contributed by atoms with van der Waals surface area (Å²) in [6.07, 6.45) is 4.50. The molecule has 24 heavy (non-hydrogen) atoms. The van der Waals surface area contributed by atoms with Gasteiger partial charge in [0.1, 0.15) is 11.5 Å². The van der Waals surface area contributed by atoms with Crippen LogP contribution in [0, 0.1) is 5.92 Å². The fourth-order valence-corrected chi connectivity index (χ4v) is 3.19. The maximum atomic E-state index is 12.2. The smallest absolute Gasteiger partial charge is 0.222 e. The van der Waals surface area contributed by atoms with E-state index in [0.29, 0.717) is 24.3 Å². The van der Waals surface area contributed by atoms with E-state index in [4.69, 9.17) is 15.2 Å². The third-order valence-corrected chi connectivity index (χ3v) is 4.53. The Bertz CT molecular complexity index is 566. The lowest BCUT2D eigenvalue weighted by atomic mass is 9.84. The highest BCUT2D eigenvalue weighted by molar-refractivity contribution is 5.80. The zero-order valence-corrected chi connectivity index (χ0v) is 14.3. The molecule has 1 aromatic carbocycles. The predicted molar refractivity (Wildman–Crippen MR) is 91.0 cm³/mol. The number of nitrogens with two attached hydrogens (primary N) is 1. The number of rotatable bonds is 7. The van der Waals surface area contributed by atoms with Crippen molar-refractivity contribution in [1.82, 2.24) is 5.32 Å². The van der Waals surface area contributed by atoms with Gasteiger partial charge in [0.15, 0.2) is 0 Å². The van der Waals surface area contributed by atoms with Gasteiger partial charge in [0, 0.05) is 18.5 Å². The molecule has 2 unspecified atom stereocenters. The molecule has 3 N–H and O–H groups in total. The van der Waals surface area contributed by atoms with Crippen LogP contribution in [0.25, 0.3) is 0 Å². The second-order valence-corrected chi connectivity index (χ2v) is 6.19. The average molecular weight is 334 g/mol. The number of carbonyl (C=O) groups excluding carboxylic acids is 2. The van der Waals surface area contributed by atoms with E-state index in [0.717, 1.165) is 31.2 Å². The molecule has 6 nitrogen and oxygen atoms in total. The van der Waals surface area contributed by atoms with E-state index in [1.165, 1.54) is 0 Å². The fraction of sp³-hybridized carbons (Fsp3) is 0.556. The summed E-state index contributed by atoms with van der Waals surface area (Å²) in [7, 11) is 3.19. The van der Waals surface area contributed by atoms with Gasteiger partial charge in [-0.1, -0.05) is 12.8 Å². The molecule has 0 bridgehead atoms. The molecule has 0 spiro atoms. The number of ether oxygens (including phenoxy) is 2. The summed E-state index contributed by atoms with van der Waals surface area (Å²) in [4.78, 5) is 23.7. The molecular weight excluding hydrogens is 308 g/mol. The SMILES string of the molecule is COc1cc(CCC(=O)NC2CCCCC2C(N)=O)cc(OC)c1. The van der Waals surface area contributed by atoms with Crippen molar-refractivity contribution in [2.45, 2.75) is 44.6 Å². The second-order valence-electron chi connectivity index (χ2n) is 6.19. The Balaban J connectivity index is 1.92. The summed E-state index contributed by atoms with van der Waals surface area (Å²) in [6, 6.07) is 5.44. The summed E-state index contributed by atoms with van der Waals surface area (Å²) in [6.45, 7) is 0. The lowest BCUT2D eigenvalue weighted by Crippen LogP contribution is -2.47. The average Bonchev–Trinajstić information content (AvgIpc) is 2.59. The van der Waals surface area contributed by atoms with Gasteiger partial charge in [-0.3, -0.25) is 9.59 Å². The molecule has 0 aliphatic heterocycles. The largest absolute Gasteiger partial charge is 0.497 e. The monoisotopic (exact) mass is 334 g/mol. The maximum Gasteiger partial charge on any atom is 0.222 e. The number of methoxy groups -OCH3 is 2. The highest BCUT2D eigenvalue weighted by Gasteiger charge is 2.30. The molecule has 6 heteroatoms. The minimum Gasteiger partial charge on any atom is -0.497 e. The first-order chi connectivity index (χ1) is 11.5. The number of aryl methyl sites for hydroxylation is 1. The molecule has 0 saturated heterocycles. The van der Waals surface area contributed by atoms with Crippen LogP contribution in [0.15, 0.2) is 18.2 Å². The number of hydrogen-bond donors (Lipinski definition) is 2. The standard InChI is InChI=1S/C18H26N2O4/c1-23-13-9-12(10-14(11-13)24-2)7-8-17(21)20-16-6-4-3-5-15(16)18(19)22/h9-11,15-16H,3-8H2,1-2H3,(H2,19,22)(H,20,21). The van der Waals surface area contributed by atoms with Crippen molar-refractivity contribution in [2.75, 3.05) is 14.2 Å². The van der Waals surface area contributed by atoms with Gasteiger partial charge < -0.3 is 20.5 Å². The van der Waals surface area contributed by atoms with Crippen molar-refractivity contribution in [2.24, 2.45) is 11.7 Å². The van der Waals surface area contributed by atoms with Crippen LogP contribution in [0.5, 0.6) is 11.5 Å². The highest BCUT2D eigenvalue weighted by atomic mass is 16.5. The van der Waals surface area contributed by atoms with Gasteiger partial charge in [0.25, 0.3) is 0 Å². The first-order valence-electron chi connectivity index (χ1n) is 8.34. The topological polar surface area (TPSA) is 90.6 Å². The minimum atomic E-state index is -0.322. The van der Waals surface area contributed by atoms with Gasteiger partial charge in [0.2, 0.25) is 11.8 Å². The molecule has 132 valence electrons. The Labute approximate surface area is 142 Å². The van der Waals surface area contributed by atoms with Gasteiger partial charge >= 0.3 is 0 Å². The van der Waals surface area contributed by atoms with Crippen molar-refractivity contribution in [3.63, 3.8) is 0 Å². The number of hydrogen-bond acceptors (Lipinski definition) is 4. The van der Waals surface area contributed by atoms with E-state index < -0.39 is 0 Å². The van der Waals surface area contributed by atoms with Gasteiger partial charge in [-0.15, -0.1) is 0 Å². The van der Waals surface area contributed by atoms with Crippen LogP contribution in [0.2, 0.25) is 0 Å². The van der Waals surface area contributed by atoms with Crippen molar-refractivity contribution in [3.05, 3.63) is 23.8 Å². The normalized spacial score (nSPS) is 20.2. The van der Waals surface area contributed by atoms with Gasteiger partial charge in [0.05, 0.1) is 20.1 Å². The maximum absolute atomic E-state index is 12.2. The lowest BCUT2D eigenvalue weighted by molar-refractivity contribution is -0.126. The Hall–Kier alpha value is -2.24. The molecule has 0 aromatic heterocycles. The van der Waals surface area contributed by atoms with Gasteiger partial charge in [-0.25, -0.2) is 0 Å². The molecule has 2 rings (SSSR count). The first-order valence-corrected chi connectivity index (χ1v) is 8.34. The molecule has 1 aromatic rings. The molecule has 0 radical (unpaired) electrons. The lowest BCUT2D eigenvalue weighted by Gasteiger charge is -2.30. The van der Waals surface area contributed by atoms with Gasteiger partial charge in [-0.2, -0.15) is 0 Å². The molecular formula is C18H26N2O4. The molecule has 2 atom stereocenters. The minimum absolute atomic E-state index is 0.0602. The number of carbonyl (C=O) groups is 2. The Morgan fingerprint density at radius 1 is 1.12 bits per heavy atom. The molecule has 1 fully saturated rings. The summed E-state index contributed by atoms with van der Waals surface area (Å²) in [5, 5.41) is 2.98. The van der Waals surface area contributed by atoms with E-state index in [9.17, 15) is 9.59 Å². The molecule has 1 saturated carbocycles. The third kappa shape index (κ3) is 4.88. The number of nitrogens with one attached hydrogen (secondary N) is 1. The predicted octanol–water partition coefficient (Wildman–Crippen LogP) is 1.80. The van der Waals surface area contributed by atoms with E-state index >= 15 is 0 Å². The Kier molecular flexibility index (Phi) is 6.46. The quantitative estimate of drug-likeness (QED) is 0.795. The van der Waals surface area contributed by atoms with E-state index in [2.05, 4.69) is 5.32 Å². The molecule has 1 aliphatic rings. The van der Waals surface area contributed by atoms with E-state index in [-0.39, 0.29) is 23.8 Å². The number of primary amides is 1. The van der Waals surface area contributed by atoms with Crippen LogP contribution in [0.3, 0.4) is 0 Å².